The lowest BCUT2D eigenvalue weighted by Crippen LogP contribution is -3.00. The SMILES string of the molecule is CCCCCCCCCCCCCCCCC(c1ccccc1)[N+](C)(C)CC.[Cl-]. The van der Waals surface area contributed by atoms with Crippen LogP contribution in [0.15, 0.2) is 30.3 Å². The van der Waals surface area contributed by atoms with E-state index in [9.17, 15) is 0 Å². The molecule has 0 radical (unpaired) electrons. The molecular weight excluding hydrogens is 374 g/mol. The Bertz CT molecular complexity index is 457. The molecule has 0 aliphatic heterocycles. The summed E-state index contributed by atoms with van der Waals surface area (Å²) in [5.74, 6) is 0. The minimum atomic E-state index is 0. The molecule has 0 amide bonds. The fourth-order valence-corrected chi connectivity index (χ4v) is 4.35. The van der Waals surface area contributed by atoms with E-state index in [2.05, 4.69) is 58.3 Å². The number of halogens is 1. The number of benzene rings is 1. The van der Waals surface area contributed by atoms with Gasteiger partial charge in [-0.25, -0.2) is 0 Å². The highest BCUT2D eigenvalue weighted by atomic mass is 35.5. The maximum Gasteiger partial charge on any atom is 0.114 e. The Balaban J connectivity index is 0.00000784. The summed E-state index contributed by atoms with van der Waals surface area (Å²) < 4.78 is 1.10. The van der Waals surface area contributed by atoms with Crippen molar-refractivity contribution in [2.75, 3.05) is 20.6 Å². The zero-order chi connectivity index (χ0) is 20.5. The molecule has 0 N–H and O–H groups in total. The molecule has 170 valence electrons. The van der Waals surface area contributed by atoms with Gasteiger partial charge in [0, 0.05) is 12.0 Å². The van der Waals surface area contributed by atoms with Gasteiger partial charge in [-0.15, -0.1) is 0 Å². The molecule has 29 heavy (non-hydrogen) atoms. The van der Waals surface area contributed by atoms with Gasteiger partial charge in [0.05, 0.1) is 20.6 Å². The van der Waals surface area contributed by atoms with Gasteiger partial charge in [0.2, 0.25) is 0 Å². The molecule has 1 rings (SSSR count). The second-order valence-corrected chi connectivity index (χ2v) is 9.41. The van der Waals surface area contributed by atoms with E-state index in [1.54, 1.807) is 0 Å². The third-order valence-corrected chi connectivity index (χ3v) is 6.67. The molecule has 1 aromatic carbocycles. The van der Waals surface area contributed by atoms with Gasteiger partial charge in [-0.05, 0) is 13.3 Å². The number of quaternary nitrogens is 1. The van der Waals surface area contributed by atoms with Crippen molar-refractivity contribution in [3.63, 3.8) is 0 Å². The van der Waals surface area contributed by atoms with E-state index in [-0.39, 0.29) is 12.4 Å². The summed E-state index contributed by atoms with van der Waals surface area (Å²) >= 11 is 0. The van der Waals surface area contributed by atoms with E-state index >= 15 is 0 Å². The second-order valence-electron chi connectivity index (χ2n) is 9.41. The minimum Gasteiger partial charge on any atom is -1.00 e. The van der Waals surface area contributed by atoms with Gasteiger partial charge in [-0.3, -0.25) is 0 Å². The Hall–Kier alpha value is -0.530. The van der Waals surface area contributed by atoms with Crippen LogP contribution in [0, 0.1) is 0 Å². The first-order valence-electron chi connectivity index (χ1n) is 12.5. The van der Waals surface area contributed by atoms with Crippen LogP contribution in [0.2, 0.25) is 0 Å². The highest BCUT2D eigenvalue weighted by Gasteiger charge is 2.27. The number of nitrogens with zero attached hydrogens (tertiary/aromatic N) is 1. The van der Waals surface area contributed by atoms with Gasteiger partial charge in [-0.2, -0.15) is 0 Å². The lowest BCUT2D eigenvalue weighted by atomic mass is 9.96. The molecule has 1 nitrogen and oxygen atoms in total. The van der Waals surface area contributed by atoms with Gasteiger partial charge < -0.3 is 16.9 Å². The molecule has 1 atom stereocenters. The molecule has 0 saturated carbocycles. The number of unbranched alkanes of at least 4 members (excludes halogenated alkanes) is 13. The van der Waals surface area contributed by atoms with Crippen molar-refractivity contribution in [3.05, 3.63) is 35.9 Å². The zero-order valence-corrected chi connectivity index (χ0v) is 20.9. The van der Waals surface area contributed by atoms with Gasteiger partial charge in [-0.1, -0.05) is 121 Å². The highest BCUT2D eigenvalue weighted by molar-refractivity contribution is 5.17. The summed E-state index contributed by atoms with van der Waals surface area (Å²) in [5.41, 5.74) is 1.52. The minimum absolute atomic E-state index is 0. The first-order valence-corrected chi connectivity index (χ1v) is 12.5. The molecule has 0 aliphatic carbocycles. The van der Waals surface area contributed by atoms with Crippen molar-refractivity contribution in [1.82, 2.24) is 0 Å². The molecule has 0 spiro atoms. The topological polar surface area (TPSA) is 0 Å². The second kappa shape index (κ2) is 18.3. The average molecular weight is 424 g/mol. The summed E-state index contributed by atoms with van der Waals surface area (Å²) in [5, 5.41) is 0. The third-order valence-electron chi connectivity index (χ3n) is 6.67. The number of hydrogen-bond acceptors (Lipinski definition) is 0. The van der Waals surface area contributed by atoms with Gasteiger partial charge in [0.25, 0.3) is 0 Å². The van der Waals surface area contributed by atoms with E-state index in [1.165, 1.54) is 108 Å². The summed E-state index contributed by atoms with van der Waals surface area (Å²) in [4.78, 5) is 0. The first-order chi connectivity index (χ1) is 13.6. The standard InChI is InChI=1S/C27H50N.ClH/c1-5-7-8-9-10-11-12-13-14-15-16-17-18-22-25-27(28(3,4)6-2)26-23-20-19-21-24-26;/h19-21,23-24,27H,5-18,22,25H2,1-4H3;1H/q+1;/p-1. The number of rotatable bonds is 18. The summed E-state index contributed by atoms with van der Waals surface area (Å²) in [6, 6.07) is 11.8. The van der Waals surface area contributed by atoms with E-state index in [0.717, 1.165) is 4.48 Å². The van der Waals surface area contributed by atoms with Crippen LogP contribution in [-0.4, -0.2) is 25.1 Å². The summed E-state index contributed by atoms with van der Waals surface area (Å²) in [6.45, 7) is 5.81. The molecular formula is C27H50ClN. The predicted octanol–water partition coefficient (Wildman–Crippen LogP) is 5.70. The quantitative estimate of drug-likeness (QED) is 0.210. The van der Waals surface area contributed by atoms with E-state index in [4.69, 9.17) is 0 Å². The lowest BCUT2D eigenvalue weighted by molar-refractivity contribution is -0.920. The molecule has 2 heteroatoms. The Morgan fingerprint density at radius 1 is 0.621 bits per heavy atom. The van der Waals surface area contributed by atoms with Crippen molar-refractivity contribution < 1.29 is 16.9 Å². The van der Waals surface area contributed by atoms with Crippen molar-refractivity contribution in [1.29, 1.82) is 0 Å². The molecule has 0 fully saturated rings. The van der Waals surface area contributed by atoms with Gasteiger partial charge in [0.1, 0.15) is 6.04 Å². The van der Waals surface area contributed by atoms with Crippen molar-refractivity contribution >= 4 is 0 Å². The van der Waals surface area contributed by atoms with Gasteiger partial charge in [0.15, 0.2) is 0 Å². The first kappa shape index (κ1) is 28.5. The van der Waals surface area contributed by atoms with Crippen LogP contribution in [0.3, 0.4) is 0 Å². The van der Waals surface area contributed by atoms with Crippen LogP contribution in [0.1, 0.15) is 122 Å². The fourth-order valence-electron chi connectivity index (χ4n) is 4.35. The van der Waals surface area contributed by atoms with Crippen LogP contribution < -0.4 is 12.4 Å². The Kier molecular flexibility index (Phi) is 17.9. The van der Waals surface area contributed by atoms with Crippen molar-refractivity contribution in [3.8, 4) is 0 Å². The third kappa shape index (κ3) is 13.4. The Morgan fingerprint density at radius 3 is 1.45 bits per heavy atom. The molecule has 0 aromatic heterocycles. The average Bonchev–Trinajstić information content (AvgIpc) is 2.71. The molecule has 0 aliphatic rings. The summed E-state index contributed by atoms with van der Waals surface area (Å²) in [7, 11) is 4.78. The molecule has 1 unspecified atom stereocenters. The number of hydrogen-bond donors (Lipinski definition) is 0. The lowest BCUT2D eigenvalue weighted by Gasteiger charge is -2.37. The fraction of sp³-hybridized carbons (Fsp3) is 0.778. The van der Waals surface area contributed by atoms with Crippen molar-refractivity contribution in [2.24, 2.45) is 0 Å². The van der Waals surface area contributed by atoms with E-state index in [0.29, 0.717) is 6.04 Å². The Morgan fingerprint density at radius 2 is 1.03 bits per heavy atom. The normalized spacial score (nSPS) is 12.6. The van der Waals surface area contributed by atoms with Crippen LogP contribution in [0.25, 0.3) is 0 Å². The summed E-state index contributed by atoms with van der Waals surface area (Å²) in [6.07, 6.45) is 21.5. The van der Waals surface area contributed by atoms with Gasteiger partial charge >= 0.3 is 0 Å². The molecule has 0 heterocycles. The Labute approximate surface area is 189 Å². The molecule has 1 aromatic rings. The smallest absolute Gasteiger partial charge is 0.114 e. The van der Waals surface area contributed by atoms with Crippen LogP contribution >= 0.6 is 0 Å². The maximum atomic E-state index is 2.39. The van der Waals surface area contributed by atoms with Crippen LogP contribution in [0.4, 0.5) is 0 Å². The maximum absolute atomic E-state index is 2.39. The van der Waals surface area contributed by atoms with Crippen LogP contribution in [-0.2, 0) is 0 Å². The largest absolute Gasteiger partial charge is 1.00 e. The van der Waals surface area contributed by atoms with Crippen molar-refractivity contribution in [2.45, 2.75) is 116 Å². The van der Waals surface area contributed by atoms with Crippen LogP contribution in [0.5, 0.6) is 0 Å². The van der Waals surface area contributed by atoms with E-state index < -0.39 is 0 Å². The van der Waals surface area contributed by atoms with E-state index in [1.807, 2.05) is 0 Å². The highest BCUT2D eigenvalue weighted by Crippen LogP contribution is 2.30. The monoisotopic (exact) mass is 423 g/mol. The molecule has 0 bridgehead atoms. The molecule has 0 saturated heterocycles. The predicted molar refractivity (Wildman–Crippen MR) is 127 cm³/mol. The zero-order valence-electron chi connectivity index (χ0n) is 20.1.